The van der Waals surface area contributed by atoms with Crippen molar-refractivity contribution in [3.05, 3.63) is 53.8 Å². The zero-order chi connectivity index (χ0) is 26.0. The summed E-state index contributed by atoms with van der Waals surface area (Å²) >= 11 is 0. The van der Waals surface area contributed by atoms with Crippen LogP contribution in [0.25, 0.3) is 11.1 Å². The Morgan fingerprint density at radius 3 is 2.29 bits per heavy atom. The summed E-state index contributed by atoms with van der Waals surface area (Å²) in [5.41, 5.74) is 1.64. The first-order chi connectivity index (χ1) is 16.5. The van der Waals surface area contributed by atoms with Crippen LogP contribution in [0.1, 0.15) is 52.5 Å². The Balaban J connectivity index is 2.08. The zero-order valence-corrected chi connectivity index (χ0v) is 21.0. The third-order valence-electron chi connectivity index (χ3n) is 4.97. The third-order valence-corrected chi connectivity index (χ3v) is 4.97. The van der Waals surface area contributed by atoms with Crippen molar-refractivity contribution in [3.8, 4) is 16.9 Å². The summed E-state index contributed by atoms with van der Waals surface area (Å²) in [6.45, 7) is 7.23. The minimum atomic E-state index is -0.623. The molecular weight excluding hydrogens is 453 g/mol. The quantitative estimate of drug-likeness (QED) is 0.466. The van der Waals surface area contributed by atoms with Gasteiger partial charge in [-0.25, -0.2) is 4.39 Å². The van der Waals surface area contributed by atoms with Crippen LogP contribution in [0, 0.1) is 5.82 Å². The monoisotopic (exact) mass is 487 g/mol. The molecule has 0 saturated heterocycles. The molecule has 2 rings (SSSR count). The molecule has 1 amide bonds. The Morgan fingerprint density at radius 1 is 1.00 bits per heavy atom. The van der Waals surface area contributed by atoms with E-state index in [1.54, 1.807) is 33.8 Å². The Hall–Kier alpha value is -3.42. The number of halogens is 1. The first-order valence-electron chi connectivity index (χ1n) is 11.6. The highest BCUT2D eigenvalue weighted by molar-refractivity contribution is 5.82. The maximum absolute atomic E-state index is 13.8. The normalized spacial score (nSPS) is 11.9. The van der Waals surface area contributed by atoms with Crippen molar-refractivity contribution in [2.24, 2.45) is 0 Å². The summed E-state index contributed by atoms with van der Waals surface area (Å²) in [4.78, 5) is 36.5. The van der Waals surface area contributed by atoms with E-state index >= 15 is 0 Å². The van der Waals surface area contributed by atoms with Crippen molar-refractivity contribution < 1.29 is 33.0 Å². The van der Waals surface area contributed by atoms with E-state index in [0.717, 1.165) is 11.1 Å². The van der Waals surface area contributed by atoms with Gasteiger partial charge in [-0.1, -0.05) is 24.3 Å². The molecule has 2 aromatic rings. The lowest BCUT2D eigenvalue weighted by atomic mass is 9.98. The number of ether oxygens (including phenoxy) is 3. The minimum Gasteiger partial charge on any atom is -0.496 e. The van der Waals surface area contributed by atoms with E-state index < -0.39 is 23.6 Å². The number of hydrogen-bond acceptors (Lipinski definition) is 6. The third kappa shape index (κ3) is 9.76. The van der Waals surface area contributed by atoms with E-state index in [2.05, 4.69) is 5.32 Å². The number of benzene rings is 2. The van der Waals surface area contributed by atoms with Gasteiger partial charge in [0, 0.05) is 18.0 Å². The standard InChI is InChI=1S/C27H34FNO6/c1-6-34-26(32)17-21(29-24(30)13-14-25(31)35-27(2,3)4)15-18-7-9-19(10-8-18)22-16-20(28)11-12-23(22)33-5/h7-12,16,21H,6,13-15,17H2,1-5H3,(H,29,30). The molecule has 35 heavy (non-hydrogen) atoms. The molecule has 0 spiro atoms. The number of hydrogen-bond donors (Lipinski definition) is 1. The van der Waals surface area contributed by atoms with Gasteiger partial charge in [0.1, 0.15) is 17.2 Å². The molecule has 0 saturated carbocycles. The highest BCUT2D eigenvalue weighted by atomic mass is 19.1. The molecule has 1 N–H and O–H groups in total. The molecule has 190 valence electrons. The summed E-state index contributed by atoms with van der Waals surface area (Å²) in [6, 6.07) is 11.2. The first-order valence-corrected chi connectivity index (χ1v) is 11.6. The summed E-state index contributed by atoms with van der Waals surface area (Å²) in [6.07, 6.45) is 0.259. The second-order valence-corrected chi connectivity index (χ2v) is 9.11. The molecule has 0 bridgehead atoms. The molecule has 0 aliphatic rings. The summed E-state index contributed by atoms with van der Waals surface area (Å²) in [5.74, 6) is -1.06. The molecule has 0 aliphatic carbocycles. The fraction of sp³-hybridized carbons (Fsp3) is 0.444. The van der Waals surface area contributed by atoms with E-state index in [0.29, 0.717) is 17.7 Å². The van der Waals surface area contributed by atoms with Gasteiger partial charge in [0.05, 0.1) is 26.6 Å². The summed E-state index contributed by atoms with van der Waals surface area (Å²) in [5, 5.41) is 2.83. The highest BCUT2D eigenvalue weighted by Gasteiger charge is 2.21. The number of carbonyl (C=O) groups is 3. The van der Waals surface area contributed by atoms with Crippen molar-refractivity contribution in [2.45, 2.75) is 65.0 Å². The van der Waals surface area contributed by atoms with E-state index in [4.69, 9.17) is 14.2 Å². The summed E-state index contributed by atoms with van der Waals surface area (Å²) < 4.78 is 29.4. The highest BCUT2D eigenvalue weighted by Crippen LogP contribution is 2.31. The van der Waals surface area contributed by atoms with Crippen molar-refractivity contribution in [1.82, 2.24) is 5.32 Å². The van der Waals surface area contributed by atoms with Gasteiger partial charge in [-0.15, -0.1) is 0 Å². The lowest BCUT2D eigenvalue weighted by Gasteiger charge is -2.20. The maximum Gasteiger partial charge on any atom is 0.307 e. The number of methoxy groups -OCH3 is 1. The number of rotatable bonds is 11. The predicted molar refractivity (Wildman–Crippen MR) is 130 cm³/mol. The van der Waals surface area contributed by atoms with Gasteiger partial charge < -0.3 is 19.5 Å². The predicted octanol–water partition coefficient (Wildman–Crippen LogP) is 4.60. The van der Waals surface area contributed by atoms with Crippen LogP contribution in [0.4, 0.5) is 4.39 Å². The maximum atomic E-state index is 13.8. The van der Waals surface area contributed by atoms with Gasteiger partial charge in [0.25, 0.3) is 0 Å². The number of esters is 2. The van der Waals surface area contributed by atoms with Crippen LogP contribution < -0.4 is 10.1 Å². The first kappa shape index (κ1) is 27.8. The van der Waals surface area contributed by atoms with Gasteiger partial charge in [0.2, 0.25) is 5.91 Å². The van der Waals surface area contributed by atoms with Crippen LogP contribution >= 0.6 is 0 Å². The van der Waals surface area contributed by atoms with Crippen LogP contribution in [-0.2, 0) is 30.3 Å². The van der Waals surface area contributed by atoms with Gasteiger partial charge in [0.15, 0.2) is 0 Å². The fourth-order valence-corrected chi connectivity index (χ4v) is 3.51. The average molecular weight is 488 g/mol. The van der Waals surface area contributed by atoms with Crippen LogP contribution in [0.2, 0.25) is 0 Å². The molecule has 0 aromatic heterocycles. The molecular formula is C27H34FNO6. The average Bonchev–Trinajstić information content (AvgIpc) is 2.77. The summed E-state index contributed by atoms with van der Waals surface area (Å²) in [7, 11) is 1.52. The van der Waals surface area contributed by atoms with Crippen molar-refractivity contribution >= 4 is 17.8 Å². The van der Waals surface area contributed by atoms with Gasteiger partial charge >= 0.3 is 11.9 Å². The number of amides is 1. The minimum absolute atomic E-state index is 0.00844. The van der Waals surface area contributed by atoms with E-state index in [-0.39, 0.29) is 37.6 Å². The molecule has 1 atom stereocenters. The lowest BCUT2D eigenvalue weighted by Crippen LogP contribution is -2.38. The molecule has 0 heterocycles. The van der Waals surface area contributed by atoms with Crippen LogP contribution in [-0.4, -0.2) is 43.2 Å². The molecule has 8 heteroatoms. The van der Waals surface area contributed by atoms with Gasteiger partial charge in [-0.2, -0.15) is 0 Å². The van der Waals surface area contributed by atoms with Crippen molar-refractivity contribution in [3.63, 3.8) is 0 Å². The van der Waals surface area contributed by atoms with Crippen LogP contribution in [0.15, 0.2) is 42.5 Å². The molecule has 0 aliphatic heterocycles. The number of nitrogens with one attached hydrogen (secondary N) is 1. The van der Waals surface area contributed by atoms with Crippen LogP contribution in [0.3, 0.4) is 0 Å². The Kier molecular flexibility index (Phi) is 10.2. The largest absolute Gasteiger partial charge is 0.496 e. The Bertz CT molecular complexity index is 1010. The second-order valence-electron chi connectivity index (χ2n) is 9.11. The topological polar surface area (TPSA) is 90.9 Å². The Morgan fingerprint density at radius 2 is 1.69 bits per heavy atom. The molecule has 1 unspecified atom stereocenters. The SMILES string of the molecule is CCOC(=O)CC(Cc1ccc(-c2cc(F)ccc2OC)cc1)NC(=O)CCC(=O)OC(C)(C)C. The molecule has 0 fully saturated rings. The van der Waals surface area contributed by atoms with Crippen molar-refractivity contribution in [1.29, 1.82) is 0 Å². The molecule has 7 nitrogen and oxygen atoms in total. The fourth-order valence-electron chi connectivity index (χ4n) is 3.51. The van der Waals surface area contributed by atoms with Crippen molar-refractivity contribution in [2.75, 3.05) is 13.7 Å². The zero-order valence-electron chi connectivity index (χ0n) is 21.0. The van der Waals surface area contributed by atoms with E-state index in [1.807, 2.05) is 24.3 Å². The van der Waals surface area contributed by atoms with Crippen LogP contribution in [0.5, 0.6) is 5.75 Å². The van der Waals surface area contributed by atoms with E-state index in [9.17, 15) is 18.8 Å². The van der Waals surface area contributed by atoms with E-state index in [1.165, 1.54) is 19.2 Å². The molecule has 2 aromatic carbocycles. The van der Waals surface area contributed by atoms with Gasteiger partial charge in [-0.05, 0) is 63.4 Å². The molecule has 0 radical (unpaired) electrons. The smallest absolute Gasteiger partial charge is 0.307 e. The Labute approximate surface area is 206 Å². The van der Waals surface area contributed by atoms with Gasteiger partial charge in [-0.3, -0.25) is 14.4 Å². The number of carbonyl (C=O) groups excluding carboxylic acids is 3. The second kappa shape index (κ2) is 12.9. The lowest BCUT2D eigenvalue weighted by molar-refractivity contribution is -0.156.